The molecule has 1 amide bonds. The summed E-state index contributed by atoms with van der Waals surface area (Å²) in [5.41, 5.74) is -0.703. The highest BCUT2D eigenvalue weighted by Crippen LogP contribution is 2.30. The summed E-state index contributed by atoms with van der Waals surface area (Å²) in [6.07, 6.45) is -4.44. The topological polar surface area (TPSA) is 23.6 Å². The normalized spacial score (nSPS) is 16.2. The van der Waals surface area contributed by atoms with Gasteiger partial charge in [0.15, 0.2) is 0 Å². The maximum atomic E-state index is 12.8. The van der Waals surface area contributed by atoms with Gasteiger partial charge >= 0.3 is 6.18 Å². The van der Waals surface area contributed by atoms with Crippen molar-refractivity contribution in [3.63, 3.8) is 0 Å². The van der Waals surface area contributed by atoms with Crippen LogP contribution < -0.4 is 0 Å². The van der Waals surface area contributed by atoms with Crippen LogP contribution in [0.5, 0.6) is 0 Å². The van der Waals surface area contributed by atoms with E-state index in [-0.39, 0.29) is 11.5 Å². The van der Waals surface area contributed by atoms with Gasteiger partial charge < -0.3 is 4.90 Å². The second-order valence-corrected chi connectivity index (χ2v) is 8.40. The summed E-state index contributed by atoms with van der Waals surface area (Å²) >= 11 is 5.12. The first-order chi connectivity index (χ1) is 11.8. The molecule has 3 rings (SSSR count). The van der Waals surface area contributed by atoms with E-state index in [1.54, 1.807) is 16.2 Å². The van der Waals surface area contributed by atoms with Gasteiger partial charge in [-0.25, -0.2) is 0 Å². The minimum atomic E-state index is -4.44. The molecule has 0 saturated carbocycles. The molecule has 0 aliphatic carbocycles. The van der Waals surface area contributed by atoms with Gasteiger partial charge in [0, 0.05) is 43.2 Å². The van der Waals surface area contributed by atoms with Crippen LogP contribution in [0.25, 0.3) is 0 Å². The number of alkyl halides is 3. The predicted octanol–water partition coefficient (Wildman–Crippen LogP) is 4.49. The quantitative estimate of drug-likeness (QED) is 0.713. The molecule has 1 aromatic carbocycles. The van der Waals surface area contributed by atoms with E-state index in [1.807, 2.05) is 6.07 Å². The summed E-state index contributed by atoms with van der Waals surface area (Å²) in [6, 6.07) is 8.70. The van der Waals surface area contributed by atoms with Crippen LogP contribution in [0.1, 0.15) is 20.8 Å². The van der Waals surface area contributed by atoms with E-state index < -0.39 is 11.7 Å². The molecule has 0 N–H and O–H groups in total. The Morgan fingerprint density at radius 1 is 1.12 bits per heavy atom. The zero-order valence-corrected chi connectivity index (χ0v) is 15.6. The number of thiophene rings is 1. The third-order valence-electron chi connectivity index (χ3n) is 4.10. The molecule has 3 nitrogen and oxygen atoms in total. The summed E-state index contributed by atoms with van der Waals surface area (Å²) in [5, 5.41) is 0. The van der Waals surface area contributed by atoms with Gasteiger partial charge in [0.2, 0.25) is 0 Å². The Bertz CT molecular complexity index is 754. The van der Waals surface area contributed by atoms with E-state index in [1.165, 1.54) is 17.0 Å². The fraction of sp³-hybridized carbons (Fsp3) is 0.353. The molecule has 1 saturated heterocycles. The molecular weight excluding hydrogens is 417 g/mol. The van der Waals surface area contributed by atoms with Crippen LogP contribution in [0.15, 0.2) is 40.2 Å². The monoisotopic (exact) mass is 432 g/mol. The average Bonchev–Trinajstić information content (AvgIpc) is 2.99. The van der Waals surface area contributed by atoms with Gasteiger partial charge in [-0.1, -0.05) is 6.07 Å². The Hall–Kier alpha value is -1.38. The maximum absolute atomic E-state index is 12.8. The largest absolute Gasteiger partial charge is 0.416 e. The first-order valence-corrected chi connectivity index (χ1v) is 9.37. The molecule has 1 aromatic heterocycles. The highest BCUT2D eigenvalue weighted by atomic mass is 79.9. The second-order valence-electron chi connectivity index (χ2n) is 5.85. The number of carbonyl (C=O) groups is 1. The lowest BCUT2D eigenvalue weighted by molar-refractivity contribution is -0.137. The van der Waals surface area contributed by atoms with Gasteiger partial charge in [0.25, 0.3) is 5.91 Å². The molecular formula is C17H16BrF3N2OS. The van der Waals surface area contributed by atoms with E-state index in [2.05, 4.69) is 26.9 Å². The number of hydrogen-bond donors (Lipinski definition) is 0. The van der Waals surface area contributed by atoms with Crippen LogP contribution >= 0.6 is 27.3 Å². The van der Waals surface area contributed by atoms with E-state index in [0.717, 1.165) is 22.5 Å². The minimum absolute atomic E-state index is 0.0884. The number of rotatable bonds is 3. The van der Waals surface area contributed by atoms with Gasteiger partial charge in [-0.05, 0) is 46.3 Å². The standard InChI is InChI=1S/C17H16BrF3N2OS/c18-15-5-4-14(25-15)11-22-6-8-23(9-7-22)16(24)12-2-1-3-13(10-12)17(19,20)21/h1-5,10H,6-9,11H2. The van der Waals surface area contributed by atoms with E-state index in [9.17, 15) is 18.0 Å². The SMILES string of the molecule is O=C(c1cccc(C(F)(F)F)c1)N1CCN(Cc2ccc(Br)s2)CC1. The molecule has 0 bridgehead atoms. The van der Waals surface area contributed by atoms with Crippen molar-refractivity contribution in [2.24, 2.45) is 0 Å². The first-order valence-electron chi connectivity index (χ1n) is 7.76. The van der Waals surface area contributed by atoms with Crippen LogP contribution in [0, 0.1) is 0 Å². The zero-order valence-electron chi connectivity index (χ0n) is 13.2. The van der Waals surface area contributed by atoms with Crippen molar-refractivity contribution < 1.29 is 18.0 Å². The van der Waals surface area contributed by atoms with Crippen molar-refractivity contribution in [2.45, 2.75) is 12.7 Å². The number of amides is 1. The summed E-state index contributed by atoms with van der Waals surface area (Å²) < 4.78 is 39.5. The molecule has 2 aromatic rings. The van der Waals surface area contributed by atoms with Gasteiger partial charge in [-0.3, -0.25) is 9.69 Å². The average molecular weight is 433 g/mol. The van der Waals surface area contributed by atoms with Gasteiger partial charge in [0.1, 0.15) is 0 Å². The molecule has 1 aliphatic rings. The van der Waals surface area contributed by atoms with Crippen molar-refractivity contribution >= 4 is 33.2 Å². The third kappa shape index (κ3) is 4.62. The van der Waals surface area contributed by atoms with Crippen LogP contribution in [0.2, 0.25) is 0 Å². The third-order valence-corrected chi connectivity index (χ3v) is 5.71. The fourth-order valence-corrected chi connectivity index (χ4v) is 4.30. The van der Waals surface area contributed by atoms with E-state index in [0.29, 0.717) is 26.2 Å². The summed E-state index contributed by atoms with van der Waals surface area (Å²) in [6.45, 7) is 3.27. The lowest BCUT2D eigenvalue weighted by Crippen LogP contribution is -2.48. The van der Waals surface area contributed by atoms with E-state index in [4.69, 9.17) is 0 Å². The van der Waals surface area contributed by atoms with Gasteiger partial charge in [0.05, 0.1) is 9.35 Å². The number of piperazine rings is 1. The van der Waals surface area contributed by atoms with Gasteiger partial charge in [-0.15, -0.1) is 11.3 Å². The lowest BCUT2D eigenvalue weighted by atomic mass is 10.1. The molecule has 1 fully saturated rings. The summed E-state index contributed by atoms with van der Waals surface area (Å²) in [4.78, 5) is 17.6. The minimum Gasteiger partial charge on any atom is -0.336 e. The Kier molecular flexibility index (Phi) is 5.50. The number of nitrogens with zero attached hydrogens (tertiary/aromatic N) is 2. The van der Waals surface area contributed by atoms with Crippen molar-refractivity contribution in [3.05, 3.63) is 56.2 Å². The van der Waals surface area contributed by atoms with Crippen molar-refractivity contribution in [1.29, 1.82) is 0 Å². The van der Waals surface area contributed by atoms with Crippen LogP contribution in [-0.2, 0) is 12.7 Å². The molecule has 2 heterocycles. The molecule has 25 heavy (non-hydrogen) atoms. The Labute approximate surface area is 156 Å². The molecule has 134 valence electrons. The second kappa shape index (κ2) is 7.47. The Morgan fingerprint density at radius 3 is 2.44 bits per heavy atom. The molecule has 0 spiro atoms. The molecule has 0 unspecified atom stereocenters. The number of benzene rings is 1. The zero-order chi connectivity index (χ0) is 18.0. The summed E-state index contributed by atoms with van der Waals surface area (Å²) in [5.74, 6) is -0.343. The number of carbonyl (C=O) groups excluding carboxylic acids is 1. The van der Waals surface area contributed by atoms with Gasteiger partial charge in [-0.2, -0.15) is 13.2 Å². The molecule has 1 aliphatic heterocycles. The smallest absolute Gasteiger partial charge is 0.336 e. The Morgan fingerprint density at radius 2 is 1.84 bits per heavy atom. The van der Waals surface area contributed by atoms with Crippen LogP contribution in [-0.4, -0.2) is 41.9 Å². The number of halogens is 4. The first kappa shape index (κ1) is 18.4. The number of hydrogen-bond acceptors (Lipinski definition) is 3. The highest BCUT2D eigenvalue weighted by Gasteiger charge is 2.31. The van der Waals surface area contributed by atoms with Crippen molar-refractivity contribution in [3.8, 4) is 0 Å². The lowest BCUT2D eigenvalue weighted by Gasteiger charge is -2.34. The maximum Gasteiger partial charge on any atom is 0.416 e. The van der Waals surface area contributed by atoms with Crippen molar-refractivity contribution in [1.82, 2.24) is 9.80 Å². The summed E-state index contributed by atoms with van der Waals surface area (Å²) in [7, 11) is 0. The molecule has 0 atom stereocenters. The van der Waals surface area contributed by atoms with Crippen LogP contribution in [0.3, 0.4) is 0 Å². The highest BCUT2D eigenvalue weighted by molar-refractivity contribution is 9.11. The van der Waals surface area contributed by atoms with E-state index >= 15 is 0 Å². The fourth-order valence-electron chi connectivity index (χ4n) is 2.78. The predicted molar refractivity (Wildman–Crippen MR) is 94.6 cm³/mol. The Balaban J connectivity index is 1.60. The van der Waals surface area contributed by atoms with Crippen molar-refractivity contribution in [2.75, 3.05) is 26.2 Å². The molecule has 0 radical (unpaired) electrons. The van der Waals surface area contributed by atoms with Crippen LogP contribution in [0.4, 0.5) is 13.2 Å². The molecule has 8 heteroatoms.